The second-order valence-electron chi connectivity index (χ2n) is 10.2. The van der Waals surface area contributed by atoms with E-state index >= 15 is 0 Å². The first-order chi connectivity index (χ1) is 22.5. The van der Waals surface area contributed by atoms with E-state index in [-0.39, 0.29) is 16.4 Å². The number of carbonyl (C=O) groups excluding carboxylic acids is 1. The molecule has 0 radical (unpaired) electrons. The molecule has 3 heterocycles. The lowest BCUT2D eigenvalue weighted by atomic mass is 10.2. The van der Waals surface area contributed by atoms with Crippen molar-refractivity contribution < 1.29 is 22.4 Å². The van der Waals surface area contributed by atoms with Crippen molar-refractivity contribution in [2.45, 2.75) is 13.1 Å². The Bertz CT molecular complexity index is 2330. The fraction of sp³-hybridized carbons (Fsp3) is 0.100. The zero-order valence-electron chi connectivity index (χ0n) is 24.0. The van der Waals surface area contributed by atoms with Crippen LogP contribution in [0.5, 0.6) is 0 Å². The van der Waals surface area contributed by atoms with Crippen molar-refractivity contribution in [1.29, 1.82) is 0 Å². The first-order valence-corrected chi connectivity index (χ1v) is 14.0. The number of aryl methyl sites for hydroxylation is 1. The standard InChI is InChI=1S/C30H20ClF4N9O3/c1-41-13-18-9-26(21(31)10-25(18)39-41)37-28-38-29(46)43(30(47)42(28)14-17-8-23(34)24(35)11-22(17)33)15-20-12-36-40-44(20)27(45)7-4-16-2-5-19(32)6-3-16/h2-13H,14-15H2,1H3,(H,37,38,46)/b7-4+. The van der Waals surface area contributed by atoms with Gasteiger partial charge < -0.3 is 5.32 Å². The van der Waals surface area contributed by atoms with Crippen LogP contribution in [0.3, 0.4) is 0 Å². The van der Waals surface area contributed by atoms with E-state index in [1.807, 2.05) is 0 Å². The van der Waals surface area contributed by atoms with Crippen LogP contribution in [0.1, 0.15) is 21.6 Å². The number of hydrogen-bond donors (Lipinski definition) is 1. The van der Waals surface area contributed by atoms with Crippen LogP contribution in [-0.2, 0) is 20.1 Å². The number of allylic oxidation sites excluding steroid dienone is 1. The van der Waals surface area contributed by atoms with Crippen LogP contribution in [0.15, 0.2) is 76.6 Å². The Morgan fingerprint density at radius 2 is 1.70 bits per heavy atom. The number of nitrogens with zero attached hydrogens (tertiary/aromatic N) is 8. The van der Waals surface area contributed by atoms with Gasteiger partial charge in [0, 0.05) is 36.3 Å². The lowest BCUT2D eigenvalue weighted by Gasteiger charge is -2.17. The maximum Gasteiger partial charge on any atom is 0.355 e. The Labute approximate surface area is 265 Å². The SMILES string of the molecule is Cn1cc2cc(Nc3nc(=O)n(Cc4cnnn4C(=O)/C=C/c4ccc(F)cc4)c(=O)n3Cc3cc(F)c(F)cc3F)c(Cl)cc2n1. The zero-order valence-corrected chi connectivity index (χ0v) is 24.8. The number of nitrogens with one attached hydrogen (secondary N) is 1. The van der Waals surface area contributed by atoms with Gasteiger partial charge in [0.05, 0.1) is 41.2 Å². The van der Waals surface area contributed by atoms with Gasteiger partial charge in [0.15, 0.2) is 11.6 Å². The molecule has 0 aliphatic carbocycles. The number of rotatable bonds is 8. The number of anilines is 2. The van der Waals surface area contributed by atoms with Crippen molar-refractivity contribution in [2.75, 3.05) is 5.32 Å². The number of aromatic nitrogens is 8. The molecule has 47 heavy (non-hydrogen) atoms. The van der Waals surface area contributed by atoms with Crippen LogP contribution in [0.4, 0.5) is 29.2 Å². The third kappa shape index (κ3) is 6.44. The molecule has 3 aromatic heterocycles. The van der Waals surface area contributed by atoms with Crippen LogP contribution in [0, 0.1) is 23.3 Å². The van der Waals surface area contributed by atoms with E-state index in [9.17, 15) is 31.9 Å². The minimum Gasteiger partial charge on any atom is -0.324 e. The highest BCUT2D eigenvalue weighted by Crippen LogP contribution is 2.29. The molecule has 238 valence electrons. The highest BCUT2D eigenvalue weighted by Gasteiger charge is 2.20. The fourth-order valence-electron chi connectivity index (χ4n) is 4.67. The van der Waals surface area contributed by atoms with E-state index in [1.54, 1.807) is 24.0 Å². The molecule has 6 aromatic rings. The summed E-state index contributed by atoms with van der Waals surface area (Å²) in [7, 11) is 1.70. The molecule has 0 unspecified atom stereocenters. The molecular weight excluding hydrogens is 646 g/mol. The number of benzene rings is 3. The Morgan fingerprint density at radius 1 is 0.957 bits per heavy atom. The smallest absolute Gasteiger partial charge is 0.324 e. The Balaban J connectivity index is 1.40. The van der Waals surface area contributed by atoms with Crippen molar-refractivity contribution >= 4 is 46.1 Å². The van der Waals surface area contributed by atoms with Crippen LogP contribution in [0.2, 0.25) is 5.02 Å². The summed E-state index contributed by atoms with van der Waals surface area (Å²) in [4.78, 5) is 44.0. The monoisotopic (exact) mass is 665 g/mol. The van der Waals surface area contributed by atoms with E-state index in [0.717, 1.165) is 21.5 Å². The van der Waals surface area contributed by atoms with Gasteiger partial charge in [-0.15, -0.1) is 5.10 Å². The van der Waals surface area contributed by atoms with Crippen molar-refractivity contribution in [2.24, 2.45) is 7.05 Å². The molecule has 12 nitrogen and oxygen atoms in total. The molecule has 0 spiro atoms. The van der Waals surface area contributed by atoms with E-state index in [1.165, 1.54) is 36.4 Å². The van der Waals surface area contributed by atoms with Gasteiger partial charge in [0.25, 0.3) is 5.91 Å². The summed E-state index contributed by atoms with van der Waals surface area (Å²) >= 11 is 6.43. The quantitative estimate of drug-likeness (QED) is 0.145. The van der Waals surface area contributed by atoms with E-state index in [0.29, 0.717) is 33.2 Å². The molecule has 0 aliphatic heterocycles. The normalized spacial score (nSPS) is 11.5. The van der Waals surface area contributed by atoms with Crippen molar-refractivity contribution in [3.8, 4) is 0 Å². The maximum absolute atomic E-state index is 14.7. The lowest BCUT2D eigenvalue weighted by molar-refractivity contribution is 0.0949. The van der Waals surface area contributed by atoms with E-state index in [4.69, 9.17) is 11.6 Å². The van der Waals surface area contributed by atoms with Crippen molar-refractivity contribution in [3.05, 3.63) is 133 Å². The average Bonchev–Trinajstić information content (AvgIpc) is 3.64. The molecule has 0 saturated carbocycles. The molecule has 1 N–H and O–H groups in total. The zero-order chi connectivity index (χ0) is 33.4. The Kier molecular flexibility index (Phi) is 8.25. The molecule has 0 amide bonds. The number of fused-ring (bicyclic) bond motifs is 1. The molecule has 17 heteroatoms. The molecule has 3 aromatic carbocycles. The third-order valence-corrected chi connectivity index (χ3v) is 7.27. The summed E-state index contributed by atoms with van der Waals surface area (Å²) in [5.41, 5.74) is -1.30. The maximum atomic E-state index is 14.7. The molecule has 0 aliphatic rings. The minimum atomic E-state index is -1.43. The summed E-state index contributed by atoms with van der Waals surface area (Å²) < 4.78 is 59.6. The van der Waals surface area contributed by atoms with Crippen LogP contribution in [0.25, 0.3) is 17.0 Å². The topological polar surface area (TPSA) is 135 Å². The van der Waals surface area contributed by atoms with Crippen LogP contribution in [-0.4, -0.2) is 44.8 Å². The fourth-order valence-corrected chi connectivity index (χ4v) is 4.87. The number of halogens is 5. The highest BCUT2D eigenvalue weighted by molar-refractivity contribution is 6.34. The van der Waals surface area contributed by atoms with Gasteiger partial charge in [0.2, 0.25) is 5.95 Å². The number of hydrogen-bond acceptors (Lipinski definition) is 8. The van der Waals surface area contributed by atoms with Gasteiger partial charge >= 0.3 is 11.4 Å². The molecule has 0 fully saturated rings. The van der Waals surface area contributed by atoms with Gasteiger partial charge in [-0.1, -0.05) is 28.9 Å². The van der Waals surface area contributed by atoms with Crippen LogP contribution < -0.4 is 16.7 Å². The molecule has 0 bridgehead atoms. The summed E-state index contributed by atoms with van der Waals surface area (Å²) in [6.07, 6.45) is 5.37. The second-order valence-corrected chi connectivity index (χ2v) is 10.6. The Morgan fingerprint density at radius 3 is 2.47 bits per heavy atom. The van der Waals surface area contributed by atoms with Crippen molar-refractivity contribution in [3.63, 3.8) is 0 Å². The minimum absolute atomic E-state index is 0.00361. The highest BCUT2D eigenvalue weighted by atomic mass is 35.5. The molecule has 0 atom stereocenters. The van der Waals surface area contributed by atoms with E-state index in [2.05, 4.69) is 25.7 Å². The summed E-state index contributed by atoms with van der Waals surface area (Å²) in [5.74, 6) is -5.51. The molecule has 0 saturated heterocycles. The summed E-state index contributed by atoms with van der Waals surface area (Å²) in [6, 6.07) is 9.35. The van der Waals surface area contributed by atoms with Gasteiger partial charge in [-0.3, -0.25) is 14.0 Å². The average molecular weight is 666 g/mol. The van der Waals surface area contributed by atoms with Gasteiger partial charge in [0.1, 0.15) is 11.6 Å². The van der Waals surface area contributed by atoms with E-state index < -0.39 is 65.2 Å². The first-order valence-electron chi connectivity index (χ1n) is 13.6. The summed E-state index contributed by atoms with van der Waals surface area (Å²) in [6.45, 7) is -1.25. The predicted octanol–water partition coefficient (Wildman–Crippen LogP) is 4.29. The largest absolute Gasteiger partial charge is 0.355 e. The molecule has 6 rings (SSSR count). The first kappa shape index (κ1) is 31.1. The molecular formula is C30H20ClF4N9O3. The van der Waals surface area contributed by atoms with Gasteiger partial charge in [-0.05, 0) is 42.0 Å². The van der Waals surface area contributed by atoms with Crippen molar-refractivity contribution in [1.82, 2.24) is 38.9 Å². The van der Waals surface area contributed by atoms with Crippen LogP contribution >= 0.6 is 11.6 Å². The second kappa shape index (κ2) is 12.5. The lowest BCUT2D eigenvalue weighted by Crippen LogP contribution is -2.43. The predicted molar refractivity (Wildman–Crippen MR) is 162 cm³/mol. The number of carbonyl (C=O) groups is 1. The van der Waals surface area contributed by atoms with Gasteiger partial charge in [-0.25, -0.2) is 31.7 Å². The third-order valence-electron chi connectivity index (χ3n) is 6.96. The Hall–Kier alpha value is -5.90. The summed E-state index contributed by atoms with van der Waals surface area (Å²) in [5, 5.41) is 15.3. The van der Waals surface area contributed by atoms with Gasteiger partial charge in [-0.2, -0.15) is 14.8 Å².